The van der Waals surface area contributed by atoms with Crippen molar-refractivity contribution in [1.29, 1.82) is 0 Å². The maximum atomic E-state index is 12.1. The highest BCUT2D eigenvalue weighted by Crippen LogP contribution is 2.17. The van der Waals surface area contributed by atoms with E-state index in [2.05, 4.69) is 10.6 Å². The van der Waals surface area contributed by atoms with Crippen LogP contribution in [0, 0.1) is 0 Å². The molecule has 4 nitrogen and oxygen atoms in total. The molecule has 0 aromatic heterocycles. The van der Waals surface area contributed by atoms with Gasteiger partial charge in [-0.25, -0.2) is 0 Å². The molecule has 0 heterocycles. The third-order valence-electron chi connectivity index (χ3n) is 2.47. The summed E-state index contributed by atoms with van der Waals surface area (Å²) >= 11 is 10.6. The molecule has 0 saturated heterocycles. The highest BCUT2D eigenvalue weighted by atomic mass is 35.5. The van der Waals surface area contributed by atoms with Gasteiger partial charge in [-0.15, -0.1) is 0 Å². The smallest absolute Gasteiger partial charge is 0.255 e. The first-order valence-electron chi connectivity index (χ1n) is 5.78. The summed E-state index contributed by atoms with van der Waals surface area (Å²) in [5.41, 5.74) is 7.24. The van der Waals surface area contributed by atoms with Crippen LogP contribution in [-0.2, 0) is 0 Å². The molecule has 0 bridgehead atoms. The van der Waals surface area contributed by atoms with Crippen LogP contribution in [0.3, 0.4) is 0 Å². The maximum Gasteiger partial charge on any atom is 0.255 e. The van der Waals surface area contributed by atoms with Crippen LogP contribution in [0.4, 0.5) is 11.4 Å². The number of carbonyl (C=O) groups excluding carboxylic acids is 1. The molecule has 0 aliphatic carbocycles. The van der Waals surface area contributed by atoms with Gasteiger partial charge in [0.15, 0.2) is 5.11 Å². The van der Waals surface area contributed by atoms with Crippen LogP contribution in [0.2, 0.25) is 5.02 Å². The Bertz CT molecular complexity index is 660. The lowest BCUT2D eigenvalue weighted by Gasteiger charge is -2.08. The van der Waals surface area contributed by atoms with Gasteiger partial charge in [-0.05, 0) is 48.6 Å². The number of nitrogens with two attached hydrogens (primary N) is 1. The summed E-state index contributed by atoms with van der Waals surface area (Å²) in [6.45, 7) is 0. The molecule has 0 saturated carbocycles. The predicted molar refractivity (Wildman–Crippen MR) is 86.3 cm³/mol. The summed E-state index contributed by atoms with van der Waals surface area (Å²) in [5.74, 6) is -0.236. The molecule has 6 heteroatoms. The molecular weight excluding hydrogens is 294 g/mol. The Labute approximate surface area is 126 Å². The maximum absolute atomic E-state index is 12.1. The molecule has 2 aromatic rings. The number of thiocarbonyl (C=S) groups is 1. The molecular formula is C14H12ClN3OS. The Balaban J connectivity index is 2.13. The fourth-order valence-electron chi connectivity index (χ4n) is 1.65. The first kappa shape index (κ1) is 14.3. The van der Waals surface area contributed by atoms with Crippen molar-refractivity contribution in [2.75, 3.05) is 10.6 Å². The van der Waals surface area contributed by atoms with Gasteiger partial charge in [0, 0.05) is 22.0 Å². The van der Waals surface area contributed by atoms with E-state index < -0.39 is 0 Å². The first-order valence-corrected chi connectivity index (χ1v) is 6.56. The molecule has 20 heavy (non-hydrogen) atoms. The minimum absolute atomic E-state index is 0.170. The van der Waals surface area contributed by atoms with Crippen LogP contribution in [0.15, 0.2) is 48.5 Å². The average molecular weight is 306 g/mol. The van der Waals surface area contributed by atoms with Gasteiger partial charge in [0.25, 0.3) is 5.91 Å². The topological polar surface area (TPSA) is 67.2 Å². The largest absolute Gasteiger partial charge is 0.376 e. The molecule has 0 aliphatic heterocycles. The second kappa shape index (κ2) is 6.36. The van der Waals surface area contributed by atoms with Gasteiger partial charge in [-0.3, -0.25) is 4.79 Å². The van der Waals surface area contributed by atoms with Crippen molar-refractivity contribution < 1.29 is 4.79 Å². The molecule has 0 spiro atoms. The zero-order valence-electron chi connectivity index (χ0n) is 10.4. The fraction of sp³-hybridized carbons (Fsp3) is 0. The van der Waals surface area contributed by atoms with E-state index in [4.69, 9.17) is 29.6 Å². The molecule has 2 aromatic carbocycles. The summed E-state index contributed by atoms with van der Waals surface area (Å²) in [4.78, 5) is 12.1. The minimum Gasteiger partial charge on any atom is -0.376 e. The Kier molecular flexibility index (Phi) is 4.55. The quantitative estimate of drug-likeness (QED) is 0.762. The highest BCUT2D eigenvalue weighted by Gasteiger charge is 2.06. The van der Waals surface area contributed by atoms with Crippen molar-refractivity contribution in [2.45, 2.75) is 0 Å². The normalized spacial score (nSPS) is 9.85. The number of nitrogens with one attached hydrogen (secondary N) is 2. The number of hydrogen-bond acceptors (Lipinski definition) is 2. The second-order valence-electron chi connectivity index (χ2n) is 4.03. The van der Waals surface area contributed by atoms with E-state index in [1.54, 1.807) is 48.5 Å². The molecule has 0 atom stereocenters. The van der Waals surface area contributed by atoms with Crippen molar-refractivity contribution in [3.05, 3.63) is 59.1 Å². The van der Waals surface area contributed by atoms with Crippen molar-refractivity contribution in [3.63, 3.8) is 0 Å². The van der Waals surface area contributed by atoms with Crippen LogP contribution in [-0.4, -0.2) is 11.0 Å². The van der Waals surface area contributed by atoms with E-state index in [-0.39, 0.29) is 11.0 Å². The number of hydrogen-bond donors (Lipinski definition) is 3. The summed E-state index contributed by atoms with van der Waals surface area (Å²) in [6.07, 6.45) is 0. The molecule has 0 aliphatic rings. The number of benzene rings is 2. The van der Waals surface area contributed by atoms with E-state index in [0.29, 0.717) is 22.0 Å². The molecule has 1 amide bonds. The van der Waals surface area contributed by atoms with Crippen LogP contribution in [0.25, 0.3) is 0 Å². The third kappa shape index (κ3) is 3.94. The van der Waals surface area contributed by atoms with Gasteiger partial charge in [0.1, 0.15) is 0 Å². The molecule has 2 rings (SSSR count). The molecule has 0 fully saturated rings. The number of carbonyl (C=O) groups is 1. The Morgan fingerprint density at radius 1 is 1.05 bits per heavy atom. The van der Waals surface area contributed by atoms with Crippen LogP contribution in [0.5, 0.6) is 0 Å². The lowest BCUT2D eigenvalue weighted by Crippen LogP contribution is -2.19. The monoisotopic (exact) mass is 305 g/mol. The zero-order chi connectivity index (χ0) is 14.5. The molecule has 4 N–H and O–H groups in total. The van der Waals surface area contributed by atoms with Gasteiger partial charge < -0.3 is 16.4 Å². The number of halogens is 1. The van der Waals surface area contributed by atoms with Crippen molar-refractivity contribution >= 4 is 46.2 Å². The van der Waals surface area contributed by atoms with Crippen molar-refractivity contribution in [3.8, 4) is 0 Å². The van der Waals surface area contributed by atoms with E-state index in [1.807, 2.05) is 0 Å². The second-order valence-corrected chi connectivity index (χ2v) is 4.91. The van der Waals surface area contributed by atoms with Crippen LogP contribution >= 0.6 is 23.8 Å². The van der Waals surface area contributed by atoms with Gasteiger partial charge in [-0.1, -0.05) is 23.7 Å². The van der Waals surface area contributed by atoms with Gasteiger partial charge in [0.2, 0.25) is 0 Å². The number of rotatable bonds is 3. The lowest BCUT2D eigenvalue weighted by molar-refractivity contribution is 0.102. The number of amides is 1. The van der Waals surface area contributed by atoms with Crippen LogP contribution in [0.1, 0.15) is 10.4 Å². The third-order valence-corrected chi connectivity index (χ3v) is 2.81. The van der Waals surface area contributed by atoms with E-state index in [1.165, 1.54) is 0 Å². The predicted octanol–water partition coefficient (Wildman–Crippen LogP) is 3.25. The molecule has 102 valence electrons. The first-order chi connectivity index (χ1) is 9.54. The molecule has 0 unspecified atom stereocenters. The van der Waals surface area contributed by atoms with Gasteiger partial charge >= 0.3 is 0 Å². The average Bonchev–Trinajstić information content (AvgIpc) is 2.38. The Morgan fingerprint density at radius 2 is 1.70 bits per heavy atom. The minimum atomic E-state index is -0.236. The fourth-order valence-corrected chi connectivity index (χ4v) is 1.96. The van der Waals surface area contributed by atoms with Crippen LogP contribution < -0.4 is 16.4 Å². The summed E-state index contributed by atoms with van der Waals surface area (Å²) < 4.78 is 0. The summed E-state index contributed by atoms with van der Waals surface area (Å²) in [5, 5.41) is 6.27. The van der Waals surface area contributed by atoms with Gasteiger partial charge in [-0.2, -0.15) is 0 Å². The summed E-state index contributed by atoms with van der Waals surface area (Å²) in [7, 11) is 0. The molecule has 0 radical (unpaired) electrons. The standard InChI is InChI=1S/C14H12ClN3OS/c15-10-4-1-3-9(7-10)13(19)17-11-5-2-6-12(8-11)18-14(16)20/h1-8H,(H,17,19)(H3,16,18,20). The Hall–Kier alpha value is -2.11. The Morgan fingerprint density at radius 3 is 2.35 bits per heavy atom. The lowest BCUT2D eigenvalue weighted by atomic mass is 10.2. The number of anilines is 2. The van der Waals surface area contributed by atoms with Crippen molar-refractivity contribution in [2.24, 2.45) is 5.73 Å². The summed E-state index contributed by atoms with van der Waals surface area (Å²) in [6, 6.07) is 13.8. The SMILES string of the molecule is NC(=S)Nc1cccc(NC(=O)c2cccc(Cl)c2)c1. The van der Waals surface area contributed by atoms with E-state index >= 15 is 0 Å². The van der Waals surface area contributed by atoms with Crippen molar-refractivity contribution in [1.82, 2.24) is 0 Å². The van der Waals surface area contributed by atoms with E-state index in [9.17, 15) is 4.79 Å². The van der Waals surface area contributed by atoms with Gasteiger partial charge in [0.05, 0.1) is 0 Å². The highest BCUT2D eigenvalue weighted by molar-refractivity contribution is 7.80. The van der Waals surface area contributed by atoms with E-state index in [0.717, 1.165) is 0 Å². The zero-order valence-corrected chi connectivity index (χ0v) is 12.0.